The van der Waals surface area contributed by atoms with Crippen LogP contribution in [0.3, 0.4) is 0 Å². The Morgan fingerprint density at radius 1 is 1.15 bits per heavy atom. The van der Waals surface area contributed by atoms with Crippen molar-refractivity contribution >= 4 is 5.76 Å². The minimum atomic E-state index is -0.0240. The van der Waals surface area contributed by atoms with Crippen LogP contribution >= 0.6 is 0 Å². The number of nitrogens with one attached hydrogen (secondary N) is 1. The monoisotopic (exact) mass is 364 g/mol. The molecule has 2 aliphatic heterocycles. The molecular formula is C23H28N2O2. The quantitative estimate of drug-likeness (QED) is 0.794. The molecule has 4 rings (SSSR count). The van der Waals surface area contributed by atoms with Crippen LogP contribution in [-0.2, 0) is 11.2 Å². The van der Waals surface area contributed by atoms with E-state index >= 15 is 0 Å². The lowest BCUT2D eigenvalue weighted by Gasteiger charge is -2.31. The van der Waals surface area contributed by atoms with Gasteiger partial charge in [0.05, 0.1) is 6.61 Å². The number of nitrogens with zero attached hydrogens (tertiary/aromatic N) is 1. The number of ether oxygens (including phenoxy) is 2. The van der Waals surface area contributed by atoms with Gasteiger partial charge in [0.25, 0.3) is 0 Å². The average Bonchev–Trinajstić information content (AvgIpc) is 2.74. The third-order valence-corrected chi connectivity index (χ3v) is 5.32. The summed E-state index contributed by atoms with van der Waals surface area (Å²) in [5.74, 6) is 1.73. The van der Waals surface area contributed by atoms with Gasteiger partial charge in [-0.3, -0.25) is 4.90 Å². The predicted octanol–water partition coefficient (Wildman–Crippen LogP) is 3.65. The zero-order chi connectivity index (χ0) is 18.5. The third kappa shape index (κ3) is 4.52. The van der Waals surface area contributed by atoms with Gasteiger partial charge >= 0.3 is 0 Å². The largest absolute Gasteiger partial charge is 0.493 e. The summed E-state index contributed by atoms with van der Waals surface area (Å²) in [7, 11) is 0. The Balaban J connectivity index is 1.50. The van der Waals surface area contributed by atoms with E-state index in [1.807, 2.05) is 12.1 Å². The first-order valence-electron chi connectivity index (χ1n) is 9.89. The Bertz CT molecular complexity index is 769. The van der Waals surface area contributed by atoms with E-state index in [0.29, 0.717) is 0 Å². The van der Waals surface area contributed by atoms with Gasteiger partial charge in [-0.1, -0.05) is 36.9 Å². The molecule has 0 saturated carbocycles. The van der Waals surface area contributed by atoms with Gasteiger partial charge in [-0.05, 0) is 42.2 Å². The van der Waals surface area contributed by atoms with E-state index in [2.05, 4.69) is 53.2 Å². The van der Waals surface area contributed by atoms with E-state index in [1.165, 1.54) is 11.1 Å². The molecule has 2 heterocycles. The highest BCUT2D eigenvalue weighted by Crippen LogP contribution is 2.31. The van der Waals surface area contributed by atoms with Crippen LogP contribution in [0.4, 0.5) is 0 Å². The van der Waals surface area contributed by atoms with E-state index < -0.39 is 0 Å². The Hall–Kier alpha value is -2.30. The second kappa shape index (κ2) is 8.59. The lowest BCUT2D eigenvalue weighted by Crippen LogP contribution is -2.45. The van der Waals surface area contributed by atoms with Gasteiger partial charge in [0.1, 0.15) is 17.6 Å². The van der Waals surface area contributed by atoms with E-state index in [-0.39, 0.29) is 6.10 Å². The van der Waals surface area contributed by atoms with Crippen LogP contribution in [0.25, 0.3) is 5.76 Å². The van der Waals surface area contributed by atoms with Crippen LogP contribution in [0.5, 0.6) is 5.75 Å². The summed E-state index contributed by atoms with van der Waals surface area (Å²) in [5.41, 5.74) is 3.49. The van der Waals surface area contributed by atoms with E-state index in [9.17, 15) is 0 Å². The number of benzene rings is 2. The van der Waals surface area contributed by atoms with Gasteiger partial charge in [0.15, 0.2) is 0 Å². The third-order valence-electron chi connectivity index (χ3n) is 5.32. The van der Waals surface area contributed by atoms with Crippen LogP contribution in [0.2, 0.25) is 0 Å². The number of fused-ring (bicyclic) bond motifs is 1. The number of hydrogen-bond acceptors (Lipinski definition) is 4. The van der Waals surface area contributed by atoms with Gasteiger partial charge in [-0.25, -0.2) is 0 Å². The van der Waals surface area contributed by atoms with E-state index in [4.69, 9.17) is 9.47 Å². The Labute approximate surface area is 161 Å². The highest BCUT2D eigenvalue weighted by atomic mass is 16.5. The van der Waals surface area contributed by atoms with Crippen LogP contribution in [-0.4, -0.2) is 44.2 Å². The van der Waals surface area contributed by atoms with Crippen molar-refractivity contribution in [3.05, 3.63) is 71.8 Å². The number of aryl methyl sites for hydroxylation is 1. The summed E-state index contributed by atoms with van der Waals surface area (Å²) in [6.45, 7) is 10.1. The fourth-order valence-corrected chi connectivity index (χ4v) is 3.78. The average molecular weight is 364 g/mol. The summed E-state index contributed by atoms with van der Waals surface area (Å²) >= 11 is 0. The Morgan fingerprint density at radius 2 is 1.96 bits per heavy atom. The summed E-state index contributed by atoms with van der Waals surface area (Å²) < 4.78 is 12.1. The molecule has 4 heteroatoms. The maximum absolute atomic E-state index is 6.42. The molecule has 1 N–H and O–H groups in total. The first-order valence-corrected chi connectivity index (χ1v) is 9.89. The van der Waals surface area contributed by atoms with Crippen molar-refractivity contribution in [2.45, 2.75) is 18.9 Å². The normalized spacial score (nSPS) is 18.2. The molecule has 4 nitrogen and oxygen atoms in total. The van der Waals surface area contributed by atoms with Crippen molar-refractivity contribution in [1.29, 1.82) is 0 Å². The topological polar surface area (TPSA) is 33.7 Å². The summed E-state index contributed by atoms with van der Waals surface area (Å²) in [5, 5.41) is 3.41. The van der Waals surface area contributed by atoms with Crippen molar-refractivity contribution in [3.8, 4) is 5.75 Å². The zero-order valence-electron chi connectivity index (χ0n) is 15.8. The molecule has 1 atom stereocenters. The molecular weight excluding hydrogens is 336 g/mol. The lowest BCUT2D eigenvalue weighted by atomic mass is 10.0. The fourth-order valence-electron chi connectivity index (χ4n) is 3.78. The van der Waals surface area contributed by atoms with Gasteiger partial charge in [0, 0.05) is 38.3 Å². The maximum Gasteiger partial charge on any atom is 0.136 e. The molecule has 0 amide bonds. The standard InChI is InChI=1S/C23H28N2O2/c1-18(20-9-10-22-21(16-20)8-5-15-26-22)27-23(19-6-3-2-4-7-19)17-25-13-11-24-12-14-25/h2-4,6-7,9-10,16,23-24H,1,5,8,11-15,17H2. The van der Waals surface area contributed by atoms with Crippen molar-refractivity contribution < 1.29 is 9.47 Å². The van der Waals surface area contributed by atoms with Gasteiger partial charge in [-0.15, -0.1) is 0 Å². The first kappa shape index (κ1) is 18.1. The predicted molar refractivity (Wildman–Crippen MR) is 109 cm³/mol. The highest BCUT2D eigenvalue weighted by molar-refractivity contribution is 5.60. The molecule has 0 aromatic heterocycles. The summed E-state index contributed by atoms with van der Waals surface area (Å²) in [6.07, 6.45) is 2.10. The molecule has 0 spiro atoms. The summed E-state index contributed by atoms with van der Waals surface area (Å²) in [6, 6.07) is 16.7. The van der Waals surface area contributed by atoms with Crippen LogP contribution in [0, 0.1) is 0 Å². The number of piperazine rings is 1. The molecule has 27 heavy (non-hydrogen) atoms. The van der Waals surface area contributed by atoms with Crippen molar-refractivity contribution in [3.63, 3.8) is 0 Å². The van der Waals surface area contributed by atoms with Crippen LogP contribution < -0.4 is 10.1 Å². The smallest absolute Gasteiger partial charge is 0.136 e. The Morgan fingerprint density at radius 3 is 2.78 bits per heavy atom. The highest BCUT2D eigenvalue weighted by Gasteiger charge is 2.21. The van der Waals surface area contributed by atoms with Gasteiger partial charge in [-0.2, -0.15) is 0 Å². The second-order valence-electron chi connectivity index (χ2n) is 7.27. The minimum Gasteiger partial charge on any atom is -0.493 e. The zero-order valence-corrected chi connectivity index (χ0v) is 15.8. The van der Waals surface area contributed by atoms with E-state index in [0.717, 1.165) is 69.2 Å². The van der Waals surface area contributed by atoms with E-state index in [1.54, 1.807) is 0 Å². The fraction of sp³-hybridized carbons (Fsp3) is 0.391. The van der Waals surface area contributed by atoms with Crippen molar-refractivity contribution in [2.75, 3.05) is 39.3 Å². The Kier molecular flexibility index (Phi) is 5.75. The summed E-state index contributed by atoms with van der Waals surface area (Å²) in [4.78, 5) is 2.46. The van der Waals surface area contributed by atoms with Gasteiger partial charge < -0.3 is 14.8 Å². The first-order chi connectivity index (χ1) is 13.3. The molecule has 1 unspecified atom stereocenters. The van der Waals surface area contributed by atoms with Crippen molar-refractivity contribution in [1.82, 2.24) is 10.2 Å². The van der Waals surface area contributed by atoms with Crippen LogP contribution in [0.15, 0.2) is 55.1 Å². The molecule has 0 radical (unpaired) electrons. The minimum absolute atomic E-state index is 0.0240. The maximum atomic E-state index is 6.42. The number of hydrogen-bond donors (Lipinski definition) is 1. The molecule has 2 aromatic carbocycles. The molecule has 2 aliphatic rings. The molecule has 1 fully saturated rings. The molecule has 1 saturated heterocycles. The lowest BCUT2D eigenvalue weighted by molar-refractivity contribution is 0.103. The molecule has 0 aliphatic carbocycles. The number of rotatable bonds is 6. The van der Waals surface area contributed by atoms with Crippen molar-refractivity contribution in [2.24, 2.45) is 0 Å². The SMILES string of the molecule is C=C(OC(CN1CCNCC1)c1ccccc1)c1ccc2c(c1)CCCO2. The van der Waals surface area contributed by atoms with Gasteiger partial charge in [0.2, 0.25) is 0 Å². The van der Waals surface area contributed by atoms with Crippen LogP contribution in [0.1, 0.15) is 29.2 Å². The molecule has 2 aromatic rings. The molecule has 142 valence electrons. The molecule has 0 bridgehead atoms. The second-order valence-corrected chi connectivity index (χ2v) is 7.27.